The van der Waals surface area contributed by atoms with E-state index >= 15 is 0 Å². The Balaban J connectivity index is 2.20. The maximum Gasteiger partial charge on any atom is 0.288 e. The van der Waals surface area contributed by atoms with E-state index in [1.807, 2.05) is 13.0 Å². The summed E-state index contributed by atoms with van der Waals surface area (Å²) in [7, 11) is 0. The van der Waals surface area contributed by atoms with Crippen LogP contribution in [0.25, 0.3) is 0 Å². The Morgan fingerprint density at radius 1 is 1.05 bits per heavy atom. The van der Waals surface area contributed by atoms with Gasteiger partial charge in [-0.1, -0.05) is 42.1 Å². The van der Waals surface area contributed by atoms with Crippen molar-refractivity contribution < 1.29 is 13.9 Å². The van der Waals surface area contributed by atoms with Crippen molar-refractivity contribution in [3.8, 4) is 5.75 Å². The molecule has 2 aromatic rings. The van der Waals surface area contributed by atoms with E-state index in [-0.39, 0.29) is 11.8 Å². The minimum Gasteiger partial charge on any atom is -0.508 e. The average molecular weight is 295 g/mol. The summed E-state index contributed by atoms with van der Waals surface area (Å²) in [5.41, 5.74) is 1.36. The first-order chi connectivity index (χ1) is 9.58. The van der Waals surface area contributed by atoms with Gasteiger partial charge in [-0.2, -0.15) is 8.78 Å². The van der Waals surface area contributed by atoms with Gasteiger partial charge >= 0.3 is 0 Å². The number of phenols is 1. The Labute approximate surface area is 120 Å². The van der Waals surface area contributed by atoms with Crippen molar-refractivity contribution in [3.05, 3.63) is 54.1 Å². The third-order valence-electron chi connectivity index (χ3n) is 2.88. The third kappa shape index (κ3) is 3.63. The summed E-state index contributed by atoms with van der Waals surface area (Å²) < 4.78 is 25.0. The van der Waals surface area contributed by atoms with Crippen LogP contribution in [-0.2, 0) is 0 Å². The van der Waals surface area contributed by atoms with E-state index in [0.717, 1.165) is 5.56 Å². The van der Waals surface area contributed by atoms with Gasteiger partial charge in [0.05, 0.1) is 6.04 Å². The molecule has 0 spiro atoms. The largest absolute Gasteiger partial charge is 0.508 e. The van der Waals surface area contributed by atoms with E-state index in [9.17, 15) is 13.9 Å². The van der Waals surface area contributed by atoms with Gasteiger partial charge in [-0.25, -0.2) is 0 Å². The Hall–Kier alpha value is -1.75. The molecule has 0 aliphatic rings. The van der Waals surface area contributed by atoms with E-state index in [1.165, 1.54) is 0 Å². The molecule has 20 heavy (non-hydrogen) atoms. The van der Waals surface area contributed by atoms with Crippen molar-refractivity contribution in [1.82, 2.24) is 0 Å². The van der Waals surface area contributed by atoms with Gasteiger partial charge in [0.2, 0.25) is 0 Å². The lowest BCUT2D eigenvalue weighted by Gasteiger charge is -2.19. The number of thioether (sulfide) groups is 1. The molecule has 0 radical (unpaired) electrons. The summed E-state index contributed by atoms with van der Waals surface area (Å²) in [5.74, 6) is -2.27. The first kappa shape index (κ1) is 14.7. The molecule has 1 unspecified atom stereocenters. The van der Waals surface area contributed by atoms with Crippen molar-refractivity contribution in [3.63, 3.8) is 0 Å². The molecule has 0 fully saturated rings. The molecule has 0 saturated carbocycles. The van der Waals surface area contributed by atoms with Crippen molar-refractivity contribution in [2.75, 3.05) is 5.32 Å². The van der Waals surface area contributed by atoms with E-state index in [4.69, 9.17) is 0 Å². The van der Waals surface area contributed by atoms with Gasteiger partial charge in [-0.3, -0.25) is 0 Å². The summed E-state index contributed by atoms with van der Waals surface area (Å²) in [5, 5.41) is 13.0. The Bertz CT molecular complexity index is 577. The zero-order valence-corrected chi connectivity index (χ0v) is 11.7. The number of phenolic OH excluding ortho intramolecular Hbond substituents is 1. The standard InChI is InChI=1S/C15H15F2NOS/c1-10(11-6-2-4-8-13(11)19)18-12-7-3-5-9-14(12)20-15(16)17/h2-10,15,18-19H,1H3. The van der Waals surface area contributed by atoms with Gasteiger partial charge in [-0.15, -0.1) is 0 Å². The Kier molecular flexibility index (Phi) is 4.84. The quantitative estimate of drug-likeness (QED) is 0.771. The van der Waals surface area contributed by atoms with Crippen LogP contribution in [0.2, 0.25) is 0 Å². The summed E-state index contributed by atoms with van der Waals surface area (Å²) in [6.45, 7) is 1.87. The molecular formula is C15H15F2NOS. The van der Waals surface area contributed by atoms with E-state index in [1.54, 1.807) is 42.5 Å². The minimum atomic E-state index is -2.46. The smallest absolute Gasteiger partial charge is 0.288 e. The van der Waals surface area contributed by atoms with E-state index in [0.29, 0.717) is 22.3 Å². The lowest BCUT2D eigenvalue weighted by molar-refractivity contribution is 0.252. The second-order valence-electron chi connectivity index (χ2n) is 4.30. The number of aromatic hydroxyl groups is 1. The fourth-order valence-corrected chi connectivity index (χ4v) is 2.55. The van der Waals surface area contributed by atoms with Crippen molar-refractivity contribution in [1.29, 1.82) is 0 Å². The second-order valence-corrected chi connectivity index (χ2v) is 5.33. The van der Waals surface area contributed by atoms with Gasteiger partial charge in [0, 0.05) is 16.1 Å². The molecule has 2 aromatic carbocycles. The van der Waals surface area contributed by atoms with Gasteiger partial charge in [0.1, 0.15) is 5.75 Å². The number of hydrogen-bond donors (Lipinski definition) is 2. The monoisotopic (exact) mass is 295 g/mol. The molecule has 0 saturated heterocycles. The van der Waals surface area contributed by atoms with Crippen LogP contribution in [0, 0.1) is 0 Å². The lowest BCUT2D eigenvalue weighted by Crippen LogP contribution is -2.07. The first-order valence-electron chi connectivity index (χ1n) is 6.16. The molecule has 2 N–H and O–H groups in total. The lowest BCUT2D eigenvalue weighted by atomic mass is 10.1. The number of hydrogen-bond acceptors (Lipinski definition) is 3. The van der Waals surface area contributed by atoms with Crippen LogP contribution in [0.3, 0.4) is 0 Å². The van der Waals surface area contributed by atoms with E-state index in [2.05, 4.69) is 5.32 Å². The van der Waals surface area contributed by atoms with Crippen molar-refractivity contribution in [2.45, 2.75) is 23.6 Å². The SMILES string of the molecule is CC(Nc1ccccc1SC(F)F)c1ccccc1O. The maximum atomic E-state index is 12.5. The van der Waals surface area contributed by atoms with Gasteiger partial charge in [0.25, 0.3) is 5.76 Å². The van der Waals surface area contributed by atoms with Crippen LogP contribution in [0.4, 0.5) is 14.5 Å². The van der Waals surface area contributed by atoms with Crippen LogP contribution in [0.1, 0.15) is 18.5 Å². The molecule has 0 amide bonds. The highest BCUT2D eigenvalue weighted by atomic mass is 32.2. The zero-order chi connectivity index (χ0) is 14.5. The third-order valence-corrected chi connectivity index (χ3v) is 3.67. The van der Waals surface area contributed by atoms with Gasteiger partial charge < -0.3 is 10.4 Å². The molecule has 0 aliphatic heterocycles. The average Bonchev–Trinajstić information content (AvgIpc) is 2.41. The molecule has 0 heterocycles. The highest BCUT2D eigenvalue weighted by Gasteiger charge is 2.13. The van der Waals surface area contributed by atoms with Crippen LogP contribution < -0.4 is 5.32 Å². The molecule has 5 heteroatoms. The normalized spacial score (nSPS) is 12.4. The van der Waals surface area contributed by atoms with Crippen LogP contribution >= 0.6 is 11.8 Å². The highest BCUT2D eigenvalue weighted by molar-refractivity contribution is 7.99. The highest BCUT2D eigenvalue weighted by Crippen LogP contribution is 2.34. The first-order valence-corrected chi connectivity index (χ1v) is 7.04. The molecule has 2 nitrogen and oxygen atoms in total. The summed E-state index contributed by atoms with van der Waals surface area (Å²) in [6, 6.07) is 13.7. The molecule has 0 aromatic heterocycles. The predicted molar refractivity (Wildman–Crippen MR) is 78.4 cm³/mol. The van der Waals surface area contributed by atoms with Crippen molar-refractivity contribution in [2.24, 2.45) is 0 Å². The molecule has 1 atom stereocenters. The Morgan fingerprint density at radius 2 is 1.70 bits per heavy atom. The number of alkyl halides is 2. The predicted octanol–water partition coefficient (Wildman–Crippen LogP) is 4.88. The fraction of sp³-hybridized carbons (Fsp3) is 0.200. The zero-order valence-electron chi connectivity index (χ0n) is 10.9. The van der Waals surface area contributed by atoms with Crippen LogP contribution in [-0.4, -0.2) is 10.9 Å². The van der Waals surface area contributed by atoms with E-state index < -0.39 is 5.76 Å². The second kappa shape index (κ2) is 6.61. The number of benzene rings is 2. The number of para-hydroxylation sites is 2. The molecule has 0 bridgehead atoms. The van der Waals surface area contributed by atoms with Crippen molar-refractivity contribution >= 4 is 17.4 Å². The molecule has 106 valence electrons. The number of rotatable bonds is 5. The van der Waals surface area contributed by atoms with Gasteiger partial charge in [-0.05, 0) is 25.1 Å². The fourth-order valence-electron chi connectivity index (χ4n) is 1.95. The van der Waals surface area contributed by atoms with Crippen LogP contribution in [0.5, 0.6) is 5.75 Å². The number of halogens is 2. The molecule has 2 rings (SSSR count). The number of nitrogens with one attached hydrogen (secondary N) is 1. The Morgan fingerprint density at radius 3 is 2.40 bits per heavy atom. The molecule has 0 aliphatic carbocycles. The maximum absolute atomic E-state index is 12.5. The van der Waals surface area contributed by atoms with Crippen LogP contribution in [0.15, 0.2) is 53.4 Å². The summed E-state index contributed by atoms with van der Waals surface area (Å²) in [6.07, 6.45) is 0. The minimum absolute atomic E-state index is 0.185. The topological polar surface area (TPSA) is 32.3 Å². The summed E-state index contributed by atoms with van der Waals surface area (Å²) in [4.78, 5) is 0.491. The van der Waals surface area contributed by atoms with Gasteiger partial charge in [0.15, 0.2) is 0 Å². The summed E-state index contributed by atoms with van der Waals surface area (Å²) >= 11 is 0.508. The number of anilines is 1. The molecular weight excluding hydrogens is 280 g/mol.